The number of rotatable bonds is 6. The van der Waals surface area contributed by atoms with Crippen LogP contribution in [0.15, 0.2) is 48.5 Å². The van der Waals surface area contributed by atoms with Crippen molar-refractivity contribution in [3.63, 3.8) is 0 Å². The molecule has 104 valence electrons. The summed E-state index contributed by atoms with van der Waals surface area (Å²) >= 11 is 6.17. The van der Waals surface area contributed by atoms with E-state index < -0.39 is 0 Å². The third-order valence-corrected chi connectivity index (χ3v) is 3.30. The van der Waals surface area contributed by atoms with Gasteiger partial charge in [-0.15, -0.1) is 0 Å². The fraction of sp³-hybridized carbons (Fsp3) is 0.235. The molecule has 2 rings (SSSR count). The molecule has 0 aromatic heterocycles. The Morgan fingerprint density at radius 1 is 1.15 bits per heavy atom. The lowest BCUT2D eigenvalue weighted by Gasteiger charge is -2.08. The van der Waals surface area contributed by atoms with Crippen molar-refractivity contribution in [1.82, 2.24) is 0 Å². The molecular weight excluding hydrogens is 272 g/mol. The Kier molecular flexibility index (Phi) is 5.19. The summed E-state index contributed by atoms with van der Waals surface area (Å²) in [6.07, 6.45) is 2.02. The minimum atomic E-state index is -0.109. The molecule has 0 saturated heterocycles. The summed E-state index contributed by atoms with van der Waals surface area (Å²) in [4.78, 5) is 12.1. The summed E-state index contributed by atoms with van der Waals surface area (Å²) in [6, 6.07) is 14.9. The normalized spacial score (nSPS) is 10.3. The van der Waals surface area contributed by atoms with Crippen LogP contribution in [0.3, 0.4) is 0 Å². The van der Waals surface area contributed by atoms with Crippen LogP contribution in [0.4, 0.5) is 0 Å². The molecule has 0 amide bonds. The Hall–Kier alpha value is -1.80. The number of carbonyl (C=O) groups is 1. The van der Waals surface area contributed by atoms with Crippen LogP contribution in [-0.4, -0.2) is 12.4 Å². The van der Waals surface area contributed by atoms with Gasteiger partial charge in [0.25, 0.3) is 0 Å². The van der Waals surface area contributed by atoms with Gasteiger partial charge in [-0.1, -0.05) is 49.2 Å². The Balaban J connectivity index is 2.02. The van der Waals surface area contributed by atoms with Crippen molar-refractivity contribution in [3.8, 4) is 5.75 Å². The van der Waals surface area contributed by atoms with Crippen molar-refractivity contribution in [1.29, 1.82) is 0 Å². The fourth-order valence-corrected chi connectivity index (χ4v) is 2.28. The maximum absolute atomic E-state index is 12.1. The highest BCUT2D eigenvalue weighted by molar-refractivity contribution is 6.34. The first-order chi connectivity index (χ1) is 9.70. The largest absolute Gasteiger partial charge is 0.485 e. The second kappa shape index (κ2) is 7.11. The van der Waals surface area contributed by atoms with Crippen LogP contribution < -0.4 is 4.74 Å². The van der Waals surface area contributed by atoms with Gasteiger partial charge in [-0.2, -0.15) is 0 Å². The summed E-state index contributed by atoms with van der Waals surface area (Å²) in [5, 5.41) is 0.498. The molecule has 0 fully saturated rings. The summed E-state index contributed by atoms with van der Waals surface area (Å²) in [5.74, 6) is 0.571. The lowest BCUT2D eigenvalue weighted by Crippen LogP contribution is -2.12. The van der Waals surface area contributed by atoms with Crippen LogP contribution in [0.25, 0.3) is 0 Å². The molecule has 0 aliphatic carbocycles. The zero-order chi connectivity index (χ0) is 14.4. The highest BCUT2D eigenvalue weighted by atomic mass is 35.5. The van der Waals surface area contributed by atoms with Crippen molar-refractivity contribution in [2.24, 2.45) is 0 Å². The first kappa shape index (κ1) is 14.6. The molecule has 0 aliphatic heterocycles. The minimum Gasteiger partial charge on any atom is -0.485 e. The highest BCUT2D eigenvalue weighted by Gasteiger charge is 2.11. The number of ether oxygens (including phenoxy) is 1. The van der Waals surface area contributed by atoms with E-state index in [4.69, 9.17) is 16.3 Å². The number of ketones is 1. The first-order valence-corrected chi connectivity index (χ1v) is 7.08. The van der Waals surface area contributed by atoms with Gasteiger partial charge >= 0.3 is 0 Å². The molecule has 2 aromatic carbocycles. The predicted octanol–water partition coefficient (Wildman–Crippen LogP) is 4.55. The molecule has 2 nitrogen and oxygen atoms in total. The van der Waals surface area contributed by atoms with Crippen molar-refractivity contribution < 1.29 is 9.53 Å². The maximum atomic E-state index is 12.1. The molecule has 0 saturated carbocycles. The van der Waals surface area contributed by atoms with Crippen molar-refractivity contribution in [2.45, 2.75) is 19.8 Å². The van der Waals surface area contributed by atoms with Gasteiger partial charge in [-0.25, -0.2) is 0 Å². The number of benzene rings is 2. The van der Waals surface area contributed by atoms with E-state index in [9.17, 15) is 4.79 Å². The SMILES string of the molecule is CCCc1ccc(C(=O)COc2ccccc2)c(Cl)c1. The zero-order valence-corrected chi connectivity index (χ0v) is 12.2. The van der Waals surface area contributed by atoms with E-state index in [1.54, 1.807) is 6.07 Å². The molecule has 0 heterocycles. The number of Topliss-reactive ketones (excluding diaryl/α,β-unsaturated/α-hetero) is 1. The third-order valence-electron chi connectivity index (χ3n) is 2.99. The second-order valence-corrected chi connectivity index (χ2v) is 5.00. The standard InChI is InChI=1S/C17H17ClO2/c1-2-6-13-9-10-15(16(18)11-13)17(19)12-20-14-7-4-3-5-8-14/h3-5,7-11H,2,6,12H2,1H3. The van der Waals surface area contributed by atoms with E-state index in [1.807, 2.05) is 42.5 Å². The van der Waals surface area contributed by atoms with Crippen molar-refractivity contribution >= 4 is 17.4 Å². The summed E-state index contributed by atoms with van der Waals surface area (Å²) in [7, 11) is 0. The molecule has 0 N–H and O–H groups in total. The van der Waals surface area contributed by atoms with Gasteiger partial charge in [0, 0.05) is 5.56 Å². The lowest BCUT2D eigenvalue weighted by atomic mass is 10.1. The average molecular weight is 289 g/mol. The molecular formula is C17H17ClO2. The molecule has 0 aliphatic rings. The van der Waals surface area contributed by atoms with Crippen LogP contribution in [0, 0.1) is 0 Å². The number of halogens is 1. The van der Waals surface area contributed by atoms with Crippen molar-refractivity contribution in [3.05, 3.63) is 64.7 Å². The van der Waals surface area contributed by atoms with E-state index in [2.05, 4.69) is 6.92 Å². The average Bonchev–Trinajstić information content (AvgIpc) is 2.46. The second-order valence-electron chi connectivity index (χ2n) is 4.59. The number of para-hydroxylation sites is 1. The Morgan fingerprint density at radius 2 is 1.90 bits per heavy atom. The highest BCUT2D eigenvalue weighted by Crippen LogP contribution is 2.20. The molecule has 2 aromatic rings. The third kappa shape index (κ3) is 3.84. The van der Waals surface area contributed by atoms with E-state index in [1.165, 1.54) is 0 Å². The Bertz CT molecular complexity index is 579. The van der Waals surface area contributed by atoms with Gasteiger partial charge in [0.15, 0.2) is 6.61 Å². The monoisotopic (exact) mass is 288 g/mol. The van der Waals surface area contributed by atoms with Gasteiger partial charge in [0.1, 0.15) is 5.75 Å². The first-order valence-electron chi connectivity index (χ1n) is 6.70. The number of carbonyl (C=O) groups excluding carboxylic acids is 1. The number of aryl methyl sites for hydroxylation is 1. The van der Waals surface area contributed by atoms with Crippen molar-refractivity contribution in [2.75, 3.05) is 6.61 Å². The number of hydrogen-bond donors (Lipinski definition) is 0. The van der Waals surface area contributed by atoms with Crippen LogP contribution in [0.5, 0.6) is 5.75 Å². The minimum absolute atomic E-state index is 0.00312. The van der Waals surface area contributed by atoms with Gasteiger partial charge < -0.3 is 4.74 Å². The van der Waals surface area contributed by atoms with E-state index in [0.29, 0.717) is 16.3 Å². The topological polar surface area (TPSA) is 26.3 Å². The van der Waals surface area contributed by atoms with E-state index in [-0.39, 0.29) is 12.4 Å². The molecule has 0 unspecified atom stereocenters. The molecule has 0 spiro atoms. The fourth-order valence-electron chi connectivity index (χ4n) is 1.97. The summed E-state index contributed by atoms with van der Waals surface area (Å²) in [5.41, 5.74) is 1.67. The molecule has 0 atom stereocenters. The molecule has 0 radical (unpaired) electrons. The quantitative estimate of drug-likeness (QED) is 0.729. The van der Waals surface area contributed by atoms with Crippen LogP contribution in [-0.2, 0) is 6.42 Å². The molecule has 3 heteroatoms. The van der Waals surface area contributed by atoms with Gasteiger partial charge in [-0.3, -0.25) is 4.79 Å². The maximum Gasteiger partial charge on any atom is 0.201 e. The summed E-state index contributed by atoms with van der Waals surface area (Å²) in [6.45, 7) is 2.11. The Labute approximate surface area is 124 Å². The van der Waals surface area contributed by atoms with Crippen LogP contribution in [0.2, 0.25) is 5.02 Å². The molecule has 0 bridgehead atoms. The van der Waals surface area contributed by atoms with Gasteiger partial charge in [0.05, 0.1) is 5.02 Å². The number of hydrogen-bond acceptors (Lipinski definition) is 2. The predicted molar refractivity (Wildman–Crippen MR) is 81.7 cm³/mol. The van der Waals surface area contributed by atoms with E-state index >= 15 is 0 Å². The van der Waals surface area contributed by atoms with E-state index in [0.717, 1.165) is 18.4 Å². The lowest BCUT2D eigenvalue weighted by molar-refractivity contribution is 0.0921. The van der Waals surface area contributed by atoms with Crippen LogP contribution in [0.1, 0.15) is 29.3 Å². The van der Waals surface area contributed by atoms with Crippen LogP contribution >= 0.6 is 11.6 Å². The van der Waals surface area contributed by atoms with Gasteiger partial charge in [-0.05, 0) is 36.2 Å². The van der Waals surface area contributed by atoms with Gasteiger partial charge in [0.2, 0.25) is 5.78 Å². The summed E-state index contributed by atoms with van der Waals surface area (Å²) < 4.78 is 5.45. The smallest absolute Gasteiger partial charge is 0.201 e. The zero-order valence-electron chi connectivity index (χ0n) is 11.4. The molecule has 20 heavy (non-hydrogen) atoms. The Morgan fingerprint density at radius 3 is 2.55 bits per heavy atom.